The number of nitrogen functional groups attached to an aromatic ring is 1. The van der Waals surface area contributed by atoms with Crippen LogP contribution in [0.15, 0.2) is 35.9 Å². The fourth-order valence-corrected chi connectivity index (χ4v) is 2.42. The quantitative estimate of drug-likeness (QED) is 0.630. The molecule has 1 aromatic rings. The molecule has 1 aliphatic carbocycles. The Morgan fingerprint density at radius 2 is 2.11 bits per heavy atom. The van der Waals surface area contributed by atoms with E-state index in [0.29, 0.717) is 12.1 Å². The lowest BCUT2D eigenvalue weighted by molar-refractivity contribution is -0.120. The Morgan fingerprint density at radius 3 is 2.84 bits per heavy atom. The van der Waals surface area contributed by atoms with Gasteiger partial charge in [0.1, 0.15) is 0 Å². The first-order valence-electron chi connectivity index (χ1n) is 7.03. The SMILES string of the molecule is Nc1ccccc1CC(=O)NCCC1=CCCCC1. The summed E-state index contributed by atoms with van der Waals surface area (Å²) in [5, 5.41) is 2.97. The first-order valence-corrected chi connectivity index (χ1v) is 7.03. The Labute approximate surface area is 114 Å². The summed E-state index contributed by atoms with van der Waals surface area (Å²) in [6.45, 7) is 0.734. The van der Waals surface area contributed by atoms with Gasteiger partial charge in [-0.1, -0.05) is 29.8 Å². The highest BCUT2D eigenvalue weighted by Crippen LogP contribution is 2.19. The van der Waals surface area contributed by atoms with Crippen molar-refractivity contribution in [3.8, 4) is 0 Å². The number of nitrogens with one attached hydrogen (secondary N) is 1. The summed E-state index contributed by atoms with van der Waals surface area (Å²) in [5.41, 5.74) is 8.90. The standard InChI is InChI=1S/C16H22N2O/c17-15-9-5-4-8-14(15)12-16(19)18-11-10-13-6-2-1-3-7-13/h4-6,8-9H,1-3,7,10-12,17H2,(H,18,19). The predicted molar refractivity (Wildman–Crippen MR) is 78.7 cm³/mol. The van der Waals surface area contributed by atoms with Crippen molar-refractivity contribution in [3.05, 3.63) is 41.5 Å². The molecule has 19 heavy (non-hydrogen) atoms. The zero-order valence-corrected chi connectivity index (χ0v) is 11.3. The van der Waals surface area contributed by atoms with Gasteiger partial charge < -0.3 is 11.1 Å². The molecule has 0 aromatic heterocycles. The summed E-state index contributed by atoms with van der Waals surface area (Å²) in [6, 6.07) is 7.52. The summed E-state index contributed by atoms with van der Waals surface area (Å²) in [6.07, 6.45) is 8.67. The van der Waals surface area contributed by atoms with Crippen molar-refractivity contribution in [3.63, 3.8) is 0 Å². The molecule has 0 spiro atoms. The second kappa shape index (κ2) is 6.98. The van der Waals surface area contributed by atoms with Gasteiger partial charge in [-0.3, -0.25) is 4.79 Å². The molecular formula is C16H22N2O. The maximum absolute atomic E-state index is 11.8. The fraction of sp³-hybridized carbons (Fsp3) is 0.438. The predicted octanol–water partition coefficient (Wildman–Crippen LogP) is 2.82. The van der Waals surface area contributed by atoms with Crippen LogP contribution >= 0.6 is 0 Å². The summed E-state index contributed by atoms with van der Waals surface area (Å²) in [5.74, 6) is 0.0503. The minimum Gasteiger partial charge on any atom is -0.398 e. The number of hydrogen-bond acceptors (Lipinski definition) is 2. The summed E-state index contributed by atoms with van der Waals surface area (Å²) < 4.78 is 0. The molecule has 3 nitrogen and oxygen atoms in total. The van der Waals surface area contributed by atoms with Crippen molar-refractivity contribution in [2.24, 2.45) is 0 Å². The van der Waals surface area contributed by atoms with Crippen molar-refractivity contribution in [1.29, 1.82) is 0 Å². The Hall–Kier alpha value is -1.77. The van der Waals surface area contributed by atoms with Crippen LogP contribution in [0.4, 0.5) is 5.69 Å². The van der Waals surface area contributed by atoms with Gasteiger partial charge >= 0.3 is 0 Å². The third kappa shape index (κ3) is 4.43. The highest BCUT2D eigenvalue weighted by atomic mass is 16.1. The van der Waals surface area contributed by atoms with Crippen LogP contribution in [0.2, 0.25) is 0 Å². The first-order chi connectivity index (χ1) is 9.25. The molecule has 3 N–H and O–H groups in total. The van der Waals surface area contributed by atoms with E-state index in [2.05, 4.69) is 11.4 Å². The van der Waals surface area contributed by atoms with Crippen LogP contribution in [0.1, 0.15) is 37.7 Å². The van der Waals surface area contributed by atoms with Crippen LogP contribution in [-0.4, -0.2) is 12.5 Å². The first kappa shape index (κ1) is 13.7. The molecule has 0 radical (unpaired) electrons. The third-order valence-electron chi connectivity index (χ3n) is 3.56. The Kier molecular flexibility index (Phi) is 5.01. The fourth-order valence-electron chi connectivity index (χ4n) is 2.42. The Morgan fingerprint density at radius 1 is 1.26 bits per heavy atom. The van der Waals surface area contributed by atoms with Gasteiger partial charge in [0.25, 0.3) is 0 Å². The van der Waals surface area contributed by atoms with E-state index < -0.39 is 0 Å². The maximum atomic E-state index is 11.8. The van der Waals surface area contributed by atoms with Gasteiger partial charge in [-0.2, -0.15) is 0 Å². The Bertz CT molecular complexity index is 466. The summed E-state index contributed by atoms with van der Waals surface area (Å²) in [4.78, 5) is 11.8. The van der Waals surface area contributed by atoms with Gasteiger partial charge in [0.05, 0.1) is 6.42 Å². The maximum Gasteiger partial charge on any atom is 0.224 e. The van der Waals surface area contributed by atoms with Crippen molar-refractivity contribution in [2.45, 2.75) is 38.5 Å². The topological polar surface area (TPSA) is 55.1 Å². The molecule has 0 saturated carbocycles. The minimum atomic E-state index is 0.0503. The van der Waals surface area contributed by atoms with Gasteiger partial charge in [0.2, 0.25) is 5.91 Å². The molecule has 0 atom stereocenters. The Balaban J connectivity index is 1.73. The van der Waals surface area contributed by atoms with Crippen molar-refractivity contribution >= 4 is 11.6 Å². The van der Waals surface area contributed by atoms with E-state index in [0.717, 1.165) is 18.5 Å². The summed E-state index contributed by atoms with van der Waals surface area (Å²) >= 11 is 0. The molecule has 2 rings (SSSR count). The molecule has 1 aromatic carbocycles. The number of carbonyl (C=O) groups excluding carboxylic acids is 1. The monoisotopic (exact) mass is 258 g/mol. The second-order valence-electron chi connectivity index (χ2n) is 5.08. The molecule has 0 saturated heterocycles. The van der Waals surface area contributed by atoms with Crippen LogP contribution < -0.4 is 11.1 Å². The lowest BCUT2D eigenvalue weighted by atomic mass is 9.97. The van der Waals surface area contributed by atoms with Crippen LogP contribution in [0, 0.1) is 0 Å². The molecule has 0 heterocycles. The van der Waals surface area contributed by atoms with Gasteiger partial charge in [-0.25, -0.2) is 0 Å². The number of rotatable bonds is 5. The summed E-state index contributed by atoms with van der Waals surface area (Å²) in [7, 11) is 0. The highest BCUT2D eigenvalue weighted by molar-refractivity contribution is 5.80. The number of benzene rings is 1. The van der Waals surface area contributed by atoms with E-state index in [1.165, 1.54) is 31.3 Å². The van der Waals surface area contributed by atoms with E-state index in [9.17, 15) is 4.79 Å². The average Bonchev–Trinajstić information content (AvgIpc) is 2.43. The van der Waals surface area contributed by atoms with Gasteiger partial charge in [-0.05, 0) is 43.7 Å². The number of para-hydroxylation sites is 1. The zero-order valence-electron chi connectivity index (χ0n) is 11.3. The number of allylic oxidation sites excluding steroid dienone is 1. The molecule has 0 fully saturated rings. The van der Waals surface area contributed by atoms with Crippen molar-refractivity contribution < 1.29 is 4.79 Å². The van der Waals surface area contributed by atoms with E-state index in [4.69, 9.17) is 5.73 Å². The van der Waals surface area contributed by atoms with Crippen LogP contribution in [0.3, 0.4) is 0 Å². The molecule has 0 unspecified atom stereocenters. The van der Waals surface area contributed by atoms with Crippen molar-refractivity contribution in [1.82, 2.24) is 5.32 Å². The normalized spacial score (nSPS) is 14.8. The third-order valence-corrected chi connectivity index (χ3v) is 3.56. The smallest absolute Gasteiger partial charge is 0.224 e. The van der Waals surface area contributed by atoms with Crippen molar-refractivity contribution in [2.75, 3.05) is 12.3 Å². The molecule has 1 aliphatic rings. The molecule has 3 heteroatoms. The largest absolute Gasteiger partial charge is 0.398 e. The highest BCUT2D eigenvalue weighted by Gasteiger charge is 2.07. The molecule has 0 bridgehead atoms. The van der Waals surface area contributed by atoms with E-state index in [1.54, 1.807) is 0 Å². The number of hydrogen-bond donors (Lipinski definition) is 2. The van der Waals surface area contributed by atoms with Crippen LogP contribution in [0.5, 0.6) is 0 Å². The number of anilines is 1. The van der Waals surface area contributed by atoms with E-state index >= 15 is 0 Å². The molecule has 102 valence electrons. The van der Waals surface area contributed by atoms with E-state index in [1.807, 2.05) is 24.3 Å². The zero-order chi connectivity index (χ0) is 13.5. The number of carbonyl (C=O) groups is 1. The van der Waals surface area contributed by atoms with Gasteiger partial charge in [0.15, 0.2) is 0 Å². The number of nitrogens with two attached hydrogens (primary N) is 1. The molecular weight excluding hydrogens is 236 g/mol. The molecule has 1 amide bonds. The van der Waals surface area contributed by atoms with Gasteiger partial charge in [-0.15, -0.1) is 0 Å². The van der Waals surface area contributed by atoms with E-state index in [-0.39, 0.29) is 5.91 Å². The number of amides is 1. The van der Waals surface area contributed by atoms with Crippen LogP contribution in [0.25, 0.3) is 0 Å². The molecule has 0 aliphatic heterocycles. The van der Waals surface area contributed by atoms with Gasteiger partial charge in [0, 0.05) is 12.2 Å². The second-order valence-corrected chi connectivity index (χ2v) is 5.08. The average molecular weight is 258 g/mol. The lowest BCUT2D eigenvalue weighted by Crippen LogP contribution is -2.26. The van der Waals surface area contributed by atoms with Crippen LogP contribution in [-0.2, 0) is 11.2 Å². The lowest BCUT2D eigenvalue weighted by Gasteiger charge is -2.13. The minimum absolute atomic E-state index is 0.0503.